The molecule has 0 saturated carbocycles. The van der Waals surface area contributed by atoms with Gasteiger partial charge in [-0.1, -0.05) is 30.3 Å². The van der Waals surface area contributed by atoms with Gasteiger partial charge in [-0.05, 0) is 74.4 Å². The standard InChI is InChI=1S/C24H24N2O3/c1-16-7-4-10-20(13-16)26-24(28)19-9-6-11-21(15-19)25-23(27)18(3)29-22-12-5-8-17(2)14-22/h4-15,18H,1-3H3,(H,25,27)(H,26,28). The number of carbonyl (C=O) groups is 2. The van der Waals surface area contributed by atoms with Crippen molar-refractivity contribution in [3.05, 3.63) is 89.5 Å². The number of benzene rings is 3. The zero-order valence-electron chi connectivity index (χ0n) is 16.7. The van der Waals surface area contributed by atoms with Gasteiger partial charge < -0.3 is 15.4 Å². The molecule has 1 unspecified atom stereocenters. The molecule has 2 N–H and O–H groups in total. The number of anilines is 2. The van der Waals surface area contributed by atoms with Gasteiger partial charge in [-0.2, -0.15) is 0 Å². The maximum atomic E-state index is 12.5. The first kappa shape index (κ1) is 20.1. The van der Waals surface area contributed by atoms with Gasteiger partial charge in [0.1, 0.15) is 5.75 Å². The number of ether oxygens (including phenoxy) is 1. The summed E-state index contributed by atoms with van der Waals surface area (Å²) in [5, 5.41) is 5.66. The van der Waals surface area contributed by atoms with Crippen molar-refractivity contribution >= 4 is 23.2 Å². The largest absolute Gasteiger partial charge is 0.481 e. The van der Waals surface area contributed by atoms with E-state index in [0.717, 1.165) is 16.8 Å². The second-order valence-electron chi connectivity index (χ2n) is 6.97. The summed E-state index contributed by atoms with van der Waals surface area (Å²) in [7, 11) is 0. The van der Waals surface area contributed by atoms with Crippen LogP contribution in [-0.4, -0.2) is 17.9 Å². The summed E-state index contributed by atoms with van der Waals surface area (Å²) in [4.78, 5) is 25.0. The molecule has 3 aromatic rings. The van der Waals surface area contributed by atoms with E-state index >= 15 is 0 Å². The van der Waals surface area contributed by atoms with Crippen LogP contribution in [0.15, 0.2) is 72.8 Å². The molecule has 3 rings (SSSR count). The number of amides is 2. The molecule has 29 heavy (non-hydrogen) atoms. The highest BCUT2D eigenvalue weighted by Crippen LogP contribution is 2.17. The lowest BCUT2D eigenvalue weighted by Gasteiger charge is -2.15. The monoisotopic (exact) mass is 388 g/mol. The fourth-order valence-electron chi connectivity index (χ4n) is 2.85. The van der Waals surface area contributed by atoms with Crippen LogP contribution in [0.1, 0.15) is 28.4 Å². The molecule has 0 fully saturated rings. The lowest BCUT2D eigenvalue weighted by atomic mass is 10.1. The van der Waals surface area contributed by atoms with Gasteiger partial charge in [0.25, 0.3) is 11.8 Å². The fourth-order valence-corrected chi connectivity index (χ4v) is 2.85. The van der Waals surface area contributed by atoms with Crippen molar-refractivity contribution in [1.82, 2.24) is 0 Å². The SMILES string of the molecule is Cc1cccc(NC(=O)c2cccc(NC(=O)C(C)Oc3cccc(C)c3)c2)c1. The Morgan fingerprint density at radius 3 is 2.10 bits per heavy atom. The molecule has 3 aromatic carbocycles. The van der Waals surface area contributed by atoms with E-state index in [1.807, 2.05) is 62.4 Å². The second kappa shape index (κ2) is 9.06. The Kier molecular flexibility index (Phi) is 6.29. The van der Waals surface area contributed by atoms with Crippen molar-refractivity contribution < 1.29 is 14.3 Å². The molecule has 0 radical (unpaired) electrons. The Labute approximate surface area is 170 Å². The molecule has 0 aliphatic heterocycles. The van der Waals surface area contributed by atoms with Gasteiger partial charge >= 0.3 is 0 Å². The van der Waals surface area contributed by atoms with Gasteiger partial charge in [0.2, 0.25) is 0 Å². The predicted molar refractivity (Wildman–Crippen MR) is 115 cm³/mol. The van der Waals surface area contributed by atoms with Crippen LogP contribution in [0.4, 0.5) is 11.4 Å². The predicted octanol–water partition coefficient (Wildman–Crippen LogP) is 4.96. The zero-order chi connectivity index (χ0) is 20.8. The quantitative estimate of drug-likeness (QED) is 0.627. The Hall–Kier alpha value is -3.60. The molecule has 0 heterocycles. The Bertz CT molecular complexity index is 1030. The number of nitrogens with one attached hydrogen (secondary N) is 2. The first-order valence-electron chi connectivity index (χ1n) is 9.43. The first-order chi connectivity index (χ1) is 13.9. The smallest absolute Gasteiger partial charge is 0.265 e. The van der Waals surface area contributed by atoms with Crippen LogP contribution >= 0.6 is 0 Å². The van der Waals surface area contributed by atoms with Gasteiger partial charge in [-0.25, -0.2) is 0 Å². The van der Waals surface area contributed by atoms with Crippen LogP contribution < -0.4 is 15.4 Å². The highest BCUT2D eigenvalue weighted by atomic mass is 16.5. The van der Waals surface area contributed by atoms with Crippen molar-refractivity contribution in [2.45, 2.75) is 26.9 Å². The van der Waals surface area contributed by atoms with Gasteiger partial charge in [-0.15, -0.1) is 0 Å². The maximum Gasteiger partial charge on any atom is 0.265 e. The summed E-state index contributed by atoms with van der Waals surface area (Å²) >= 11 is 0. The molecule has 0 aromatic heterocycles. The molecule has 0 aliphatic carbocycles. The van der Waals surface area contributed by atoms with E-state index in [-0.39, 0.29) is 11.8 Å². The van der Waals surface area contributed by atoms with E-state index in [1.54, 1.807) is 31.2 Å². The number of hydrogen-bond acceptors (Lipinski definition) is 3. The van der Waals surface area contributed by atoms with Crippen LogP contribution in [-0.2, 0) is 4.79 Å². The van der Waals surface area contributed by atoms with Crippen molar-refractivity contribution in [1.29, 1.82) is 0 Å². The summed E-state index contributed by atoms with van der Waals surface area (Å²) in [5.74, 6) is 0.109. The molecule has 0 bridgehead atoms. The lowest BCUT2D eigenvalue weighted by molar-refractivity contribution is -0.122. The van der Waals surface area contributed by atoms with Crippen molar-refractivity contribution in [2.75, 3.05) is 10.6 Å². The van der Waals surface area contributed by atoms with E-state index in [2.05, 4.69) is 10.6 Å². The lowest BCUT2D eigenvalue weighted by Crippen LogP contribution is -2.30. The second-order valence-corrected chi connectivity index (χ2v) is 6.97. The molecule has 0 aliphatic rings. The molecule has 2 amide bonds. The highest BCUT2D eigenvalue weighted by molar-refractivity contribution is 6.05. The summed E-state index contributed by atoms with van der Waals surface area (Å²) in [6.45, 7) is 5.61. The molecule has 5 nitrogen and oxygen atoms in total. The van der Waals surface area contributed by atoms with Gasteiger partial charge in [0.15, 0.2) is 6.10 Å². The van der Waals surface area contributed by atoms with E-state index in [9.17, 15) is 9.59 Å². The zero-order valence-corrected chi connectivity index (χ0v) is 16.7. The highest BCUT2D eigenvalue weighted by Gasteiger charge is 2.16. The minimum Gasteiger partial charge on any atom is -0.481 e. The third kappa shape index (κ3) is 5.69. The Morgan fingerprint density at radius 2 is 1.41 bits per heavy atom. The Morgan fingerprint density at radius 1 is 0.793 bits per heavy atom. The molecular weight excluding hydrogens is 364 g/mol. The van der Waals surface area contributed by atoms with Crippen LogP contribution in [0.5, 0.6) is 5.75 Å². The van der Waals surface area contributed by atoms with Crippen LogP contribution in [0.3, 0.4) is 0 Å². The fraction of sp³-hybridized carbons (Fsp3) is 0.167. The van der Waals surface area contributed by atoms with Crippen molar-refractivity contribution in [3.63, 3.8) is 0 Å². The van der Waals surface area contributed by atoms with Crippen LogP contribution in [0.2, 0.25) is 0 Å². The van der Waals surface area contributed by atoms with E-state index in [1.165, 1.54) is 0 Å². The van der Waals surface area contributed by atoms with Gasteiger partial charge in [0.05, 0.1) is 0 Å². The molecular formula is C24H24N2O3. The molecule has 1 atom stereocenters. The van der Waals surface area contributed by atoms with E-state index in [4.69, 9.17) is 4.74 Å². The molecule has 0 saturated heterocycles. The van der Waals surface area contributed by atoms with E-state index < -0.39 is 6.10 Å². The Balaban J connectivity index is 1.64. The molecule has 5 heteroatoms. The minimum atomic E-state index is -0.679. The summed E-state index contributed by atoms with van der Waals surface area (Å²) in [6, 6.07) is 21.9. The van der Waals surface area contributed by atoms with Crippen molar-refractivity contribution in [3.8, 4) is 5.75 Å². The maximum absolute atomic E-state index is 12.5. The topological polar surface area (TPSA) is 67.4 Å². The van der Waals surface area contributed by atoms with Gasteiger partial charge in [0, 0.05) is 16.9 Å². The third-order valence-corrected chi connectivity index (χ3v) is 4.34. The third-order valence-electron chi connectivity index (χ3n) is 4.34. The van der Waals surface area contributed by atoms with E-state index in [0.29, 0.717) is 17.0 Å². The number of rotatable bonds is 6. The number of carbonyl (C=O) groups excluding carboxylic acids is 2. The number of hydrogen-bond donors (Lipinski definition) is 2. The average Bonchev–Trinajstić information content (AvgIpc) is 2.68. The van der Waals surface area contributed by atoms with Crippen LogP contribution in [0, 0.1) is 13.8 Å². The summed E-state index contributed by atoms with van der Waals surface area (Å²) in [5.41, 5.74) is 3.83. The van der Waals surface area contributed by atoms with Crippen molar-refractivity contribution in [2.24, 2.45) is 0 Å². The number of aryl methyl sites for hydroxylation is 2. The average molecular weight is 388 g/mol. The molecule has 0 spiro atoms. The van der Waals surface area contributed by atoms with Gasteiger partial charge in [-0.3, -0.25) is 9.59 Å². The minimum absolute atomic E-state index is 0.240. The summed E-state index contributed by atoms with van der Waals surface area (Å²) < 4.78 is 5.71. The summed E-state index contributed by atoms with van der Waals surface area (Å²) in [6.07, 6.45) is -0.679. The molecule has 148 valence electrons. The first-order valence-corrected chi connectivity index (χ1v) is 9.43. The normalized spacial score (nSPS) is 11.4. The van der Waals surface area contributed by atoms with Crippen LogP contribution in [0.25, 0.3) is 0 Å².